The number of amides is 2. The van der Waals surface area contributed by atoms with Crippen LogP contribution in [0.1, 0.15) is 45.4 Å². The van der Waals surface area contributed by atoms with Crippen molar-refractivity contribution in [1.82, 2.24) is 10.2 Å². The van der Waals surface area contributed by atoms with Crippen molar-refractivity contribution in [3.63, 3.8) is 0 Å². The van der Waals surface area contributed by atoms with E-state index < -0.39 is 12.1 Å². The molecule has 2 aliphatic rings. The predicted molar refractivity (Wildman–Crippen MR) is 82.8 cm³/mol. The number of carboxylic acid groups (broad SMARTS) is 1. The maximum atomic E-state index is 12.3. The number of hydrogen-bond acceptors (Lipinski definition) is 4. The van der Waals surface area contributed by atoms with Gasteiger partial charge in [-0.15, -0.1) is 0 Å². The molecule has 2 atom stereocenters. The molecule has 0 aromatic heterocycles. The van der Waals surface area contributed by atoms with Gasteiger partial charge in [0, 0.05) is 31.5 Å². The summed E-state index contributed by atoms with van der Waals surface area (Å²) in [6.45, 7) is 2.96. The summed E-state index contributed by atoms with van der Waals surface area (Å²) in [4.78, 5) is 36.8. The van der Waals surface area contributed by atoms with Crippen molar-refractivity contribution in [2.75, 3.05) is 19.7 Å². The van der Waals surface area contributed by atoms with Gasteiger partial charge in [-0.3, -0.25) is 14.4 Å². The topological polar surface area (TPSA) is 95.9 Å². The molecule has 23 heavy (non-hydrogen) atoms. The van der Waals surface area contributed by atoms with Crippen molar-refractivity contribution in [3.05, 3.63) is 0 Å². The zero-order chi connectivity index (χ0) is 16.8. The first-order chi connectivity index (χ1) is 11.0. The van der Waals surface area contributed by atoms with Crippen molar-refractivity contribution in [2.45, 2.75) is 57.6 Å². The van der Waals surface area contributed by atoms with E-state index in [1.807, 2.05) is 6.92 Å². The number of rotatable bonds is 6. The van der Waals surface area contributed by atoms with Crippen molar-refractivity contribution in [3.8, 4) is 0 Å². The Morgan fingerprint density at radius 3 is 2.65 bits per heavy atom. The number of aliphatic carboxylic acids is 1. The smallest absolute Gasteiger partial charge is 0.306 e. The van der Waals surface area contributed by atoms with E-state index in [1.54, 1.807) is 4.90 Å². The van der Waals surface area contributed by atoms with Gasteiger partial charge < -0.3 is 20.1 Å². The van der Waals surface area contributed by atoms with Crippen LogP contribution in [0.15, 0.2) is 0 Å². The zero-order valence-electron chi connectivity index (χ0n) is 13.6. The third-order valence-electron chi connectivity index (χ3n) is 4.49. The molecule has 7 heteroatoms. The predicted octanol–water partition coefficient (Wildman–Crippen LogP) is 0.773. The third-order valence-corrected chi connectivity index (χ3v) is 4.49. The molecule has 7 nitrogen and oxygen atoms in total. The Labute approximate surface area is 136 Å². The second kappa shape index (κ2) is 8.29. The van der Waals surface area contributed by atoms with Crippen LogP contribution in [-0.4, -0.2) is 59.6 Å². The Kier molecular flexibility index (Phi) is 6.38. The highest BCUT2D eigenvalue weighted by molar-refractivity contribution is 5.81. The first-order valence-corrected chi connectivity index (χ1v) is 8.37. The number of nitrogens with zero attached hydrogens (tertiary/aromatic N) is 1. The quantitative estimate of drug-likeness (QED) is 0.752. The average molecular weight is 326 g/mol. The van der Waals surface area contributed by atoms with Gasteiger partial charge in [0.05, 0.1) is 19.1 Å². The minimum Gasteiger partial charge on any atom is -0.481 e. The van der Waals surface area contributed by atoms with Gasteiger partial charge in [0.2, 0.25) is 11.8 Å². The van der Waals surface area contributed by atoms with E-state index in [1.165, 1.54) is 0 Å². The Hall–Kier alpha value is -1.63. The van der Waals surface area contributed by atoms with Gasteiger partial charge in [-0.05, 0) is 19.8 Å². The standard InChI is InChI=1S/C16H26N2O5/c1-11(17-16(22)12-4-2-3-5-12)8-14(19)18-6-7-23-13(10-18)9-15(20)21/h11-13H,2-10H2,1H3,(H,17,22)(H,20,21). The Bertz CT molecular complexity index is 448. The maximum Gasteiger partial charge on any atom is 0.306 e. The van der Waals surface area contributed by atoms with E-state index in [2.05, 4.69) is 5.32 Å². The molecule has 2 amide bonds. The van der Waals surface area contributed by atoms with Crippen LogP contribution in [0.4, 0.5) is 0 Å². The van der Waals surface area contributed by atoms with Crippen molar-refractivity contribution in [1.29, 1.82) is 0 Å². The fourth-order valence-electron chi connectivity index (χ4n) is 3.25. The summed E-state index contributed by atoms with van der Waals surface area (Å²) < 4.78 is 5.36. The number of ether oxygens (including phenoxy) is 1. The molecule has 0 radical (unpaired) electrons. The Balaban J connectivity index is 1.76. The van der Waals surface area contributed by atoms with E-state index in [9.17, 15) is 14.4 Å². The molecule has 0 aromatic rings. The lowest BCUT2D eigenvalue weighted by atomic mass is 10.1. The van der Waals surface area contributed by atoms with Crippen LogP contribution in [0.5, 0.6) is 0 Å². The van der Waals surface area contributed by atoms with Crippen molar-refractivity contribution >= 4 is 17.8 Å². The molecule has 2 fully saturated rings. The summed E-state index contributed by atoms with van der Waals surface area (Å²) in [5, 5.41) is 11.7. The largest absolute Gasteiger partial charge is 0.481 e. The molecule has 2 rings (SSSR count). The summed E-state index contributed by atoms with van der Waals surface area (Å²) in [7, 11) is 0. The highest BCUT2D eigenvalue weighted by Gasteiger charge is 2.28. The molecule has 0 spiro atoms. The third kappa shape index (κ3) is 5.49. The number of hydrogen-bond donors (Lipinski definition) is 2. The number of morpholine rings is 1. The lowest BCUT2D eigenvalue weighted by molar-refractivity contribution is -0.148. The van der Waals surface area contributed by atoms with E-state index in [0.29, 0.717) is 19.7 Å². The molecular formula is C16H26N2O5. The van der Waals surface area contributed by atoms with Gasteiger partial charge in [0.1, 0.15) is 0 Å². The molecule has 0 aromatic carbocycles. The normalized spacial score (nSPS) is 23.5. The molecule has 2 N–H and O–H groups in total. The summed E-state index contributed by atoms with van der Waals surface area (Å²) >= 11 is 0. The van der Waals surface area contributed by atoms with Crippen LogP contribution in [0, 0.1) is 5.92 Å². The molecule has 1 aliphatic heterocycles. The SMILES string of the molecule is CC(CC(=O)N1CCOC(CC(=O)O)C1)NC(=O)C1CCCC1. The van der Waals surface area contributed by atoms with Gasteiger partial charge in [0.25, 0.3) is 0 Å². The highest BCUT2D eigenvalue weighted by atomic mass is 16.5. The van der Waals surface area contributed by atoms with Gasteiger partial charge in [0.15, 0.2) is 0 Å². The van der Waals surface area contributed by atoms with Crippen LogP contribution in [-0.2, 0) is 19.1 Å². The van der Waals surface area contributed by atoms with E-state index in [0.717, 1.165) is 25.7 Å². The molecule has 1 aliphatic carbocycles. The van der Waals surface area contributed by atoms with Crippen LogP contribution in [0.2, 0.25) is 0 Å². The lowest BCUT2D eigenvalue weighted by Crippen LogP contribution is -2.48. The first-order valence-electron chi connectivity index (χ1n) is 8.37. The Morgan fingerprint density at radius 2 is 2.00 bits per heavy atom. The summed E-state index contributed by atoms with van der Waals surface area (Å²) in [5.41, 5.74) is 0. The number of nitrogens with one attached hydrogen (secondary N) is 1. The molecule has 2 unspecified atom stereocenters. The fourth-order valence-corrected chi connectivity index (χ4v) is 3.25. The minimum absolute atomic E-state index is 0.0496. The summed E-state index contributed by atoms with van der Waals surface area (Å²) in [5.74, 6) is -0.853. The summed E-state index contributed by atoms with van der Waals surface area (Å²) in [6.07, 6.45) is 3.76. The van der Waals surface area contributed by atoms with Crippen molar-refractivity contribution in [2.24, 2.45) is 5.92 Å². The molecule has 1 saturated carbocycles. The van der Waals surface area contributed by atoms with Gasteiger partial charge >= 0.3 is 5.97 Å². The van der Waals surface area contributed by atoms with Gasteiger partial charge in [-0.25, -0.2) is 0 Å². The summed E-state index contributed by atoms with van der Waals surface area (Å²) in [6, 6.07) is -0.212. The van der Waals surface area contributed by atoms with Crippen LogP contribution < -0.4 is 5.32 Å². The fraction of sp³-hybridized carbons (Fsp3) is 0.812. The van der Waals surface area contributed by atoms with Crippen LogP contribution >= 0.6 is 0 Å². The molecule has 1 heterocycles. The second-order valence-corrected chi connectivity index (χ2v) is 6.53. The van der Waals surface area contributed by atoms with Gasteiger partial charge in [-0.2, -0.15) is 0 Å². The van der Waals surface area contributed by atoms with Crippen molar-refractivity contribution < 1.29 is 24.2 Å². The zero-order valence-corrected chi connectivity index (χ0v) is 13.6. The van der Waals surface area contributed by atoms with E-state index in [4.69, 9.17) is 9.84 Å². The lowest BCUT2D eigenvalue weighted by Gasteiger charge is -2.33. The molecule has 1 saturated heterocycles. The Morgan fingerprint density at radius 1 is 1.30 bits per heavy atom. The molecular weight excluding hydrogens is 300 g/mol. The number of carbonyl (C=O) groups excluding carboxylic acids is 2. The second-order valence-electron chi connectivity index (χ2n) is 6.53. The first kappa shape index (κ1) is 17.7. The average Bonchev–Trinajstić information content (AvgIpc) is 3.00. The van der Waals surface area contributed by atoms with Crippen LogP contribution in [0.3, 0.4) is 0 Å². The maximum absolute atomic E-state index is 12.3. The number of carboxylic acids is 1. The number of carbonyl (C=O) groups is 3. The molecule has 130 valence electrons. The molecule has 0 bridgehead atoms. The minimum atomic E-state index is -0.929. The van der Waals surface area contributed by atoms with Crippen LogP contribution in [0.25, 0.3) is 0 Å². The highest BCUT2D eigenvalue weighted by Crippen LogP contribution is 2.24. The van der Waals surface area contributed by atoms with E-state index in [-0.39, 0.29) is 36.6 Å². The monoisotopic (exact) mass is 326 g/mol. The van der Waals surface area contributed by atoms with Gasteiger partial charge in [-0.1, -0.05) is 12.8 Å². The van der Waals surface area contributed by atoms with E-state index >= 15 is 0 Å².